The lowest BCUT2D eigenvalue weighted by molar-refractivity contribution is 0.257. The van der Waals surface area contributed by atoms with Crippen LogP contribution in [-0.4, -0.2) is 18.0 Å². The third-order valence-corrected chi connectivity index (χ3v) is 2.88. The number of alkyl halides is 1. The van der Waals surface area contributed by atoms with E-state index in [1.165, 1.54) is 6.21 Å². The summed E-state index contributed by atoms with van der Waals surface area (Å²) in [6.07, 6.45) is 1.49. The van der Waals surface area contributed by atoms with Crippen LogP contribution in [0.5, 0.6) is 0 Å². The zero-order chi connectivity index (χ0) is 9.97. The Balaban J connectivity index is 2.26. The van der Waals surface area contributed by atoms with Crippen molar-refractivity contribution in [3.63, 3.8) is 0 Å². The minimum Gasteiger partial charge on any atom is -0.244 e. The molecular formula is C10H7BrN2O. The molecule has 0 bridgehead atoms. The van der Waals surface area contributed by atoms with E-state index in [1.54, 1.807) is 0 Å². The summed E-state index contributed by atoms with van der Waals surface area (Å²) in [7, 11) is 0. The Morgan fingerprint density at radius 2 is 1.93 bits per heavy atom. The van der Waals surface area contributed by atoms with Crippen LogP contribution in [0.1, 0.15) is 10.4 Å². The van der Waals surface area contributed by atoms with Gasteiger partial charge in [0.15, 0.2) is 0 Å². The number of benzene rings is 1. The Morgan fingerprint density at radius 1 is 1.21 bits per heavy atom. The SMILES string of the molecule is O=C1N=CC(C(Br)c2ccccc2)=N1. The Labute approximate surface area is 89.7 Å². The van der Waals surface area contributed by atoms with Gasteiger partial charge in [0.25, 0.3) is 0 Å². The van der Waals surface area contributed by atoms with Crippen molar-refractivity contribution in [1.82, 2.24) is 0 Å². The molecule has 0 saturated carbocycles. The Morgan fingerprint density at radius 3 is 2.50 bits per heavy atom. The first-order chi connectivity index (χ1) is 6.77. The average Bonchev–Trinajstić information content (AvgIpc) is 2.65. The van der Waals surface area contributed by atoms with Gasteiger partial charge in [-0.3, -0.25) is 0 Å². The van der Waals surface area contributed by atoms with Gasteiger partial charge >= 0.3 is 6.03 Å². The highest BCUT2D eigenvalue weighted by Crippen LogP contribution is 2.24. The van der Waals surface area contributed by atoms with Crippen LogP contribution in [0.3, 0.4) is 0 Å². The van der Waals surface area contributed by atoms with E-state index in [4.69, 9.17) is 0 Å². The molecule has 0 saturated heterocycles. The molecule has 2 amide bonds. The third-order valence-electron chi connectivity index (χ3n) is 1.88. The predicted octanol–water partition coefficient (Wildman–Crippen LogP) is 2.77. The van der Waals surface area contributed by atoms with E-state index in [1.807, 2.05) is 30.3 Å². The van der Waals surface area contributed by atoms with Gasteiger partial charge in [0, 0.05) is 0 Å². The van der Waals surface area contributed by atoms with Gasteiger partial charge in [-0.25, -0.2) is 4.79 Å². The summed E-state index contributed by atoms with van der Waals surface area (Å²) in [4.78, 5) is 18.1. The van der Waals surface area contributed by atoms with Crippen LogP contribution in [0.2, 0.25) is 0 Å². The molecule has 1 aromatic rings. The molecule has 1 aliphatic rings. The highest BCUT2D eigenvalue weighted by Gasteiger charge is 2.17. The molecule has 0 aromatic heterocycles. The lowest BCUT2D eigenvalue weighted by Crippen LogP contribution is -2.05. The van der Waals surface area contributed by atoms with Crippen LogP contribution < -0.4 is 0 Å². The topological polar surface area (TPSA) is 41.8 Å². The molecule has 1 heterocycles. The van der Waals surface area contributed by atoms with Crippen molar-refractivity contribution < 1.29 is 4.79 Å². The summed E-state index contributed by atoms with van der Waals surface area (Å²) in [6.45, 7) is 0. The van der Waals surface area contributed by atoms with E-state index < -0.39 is 6.03 Å². The fourth-order valence-electron chi connectivity index (χ4n) is 1.20. The molecule has 3 nitrogen and oxygen atoms in total. The fraction of sp³-hybridized carbons (Fsp3) is 0.100. The lowest BCUT2D eigenvalue weighted by Gasteiger charge is -2.06. The monoisotopic (exact) mass is 250 g/mol. The Hall–Kier alpha value is -1.29. The molecule has 70 valence electrons. The summed E-state index contributed by atoms with van der Waals surface area (Å²) in [6, 6.07) is 9.34. The Kier molecular flexibility index (Phi) is 2.54. The van der Waals surface area contributed by atoms with Crippen LogP contribution in [0.4, 0.5) is 4.79 Å². The second-order valence-corrected chi connectivity index (χ2v) is 3.77. The van der Waals surface area contributed by atoms with E-state index in [9.17, 15) is 4.79 Å². The molecule has 1 atom stereocenters. The van der Waals surface area contributed by atoms with Gasteiger partial charge in [0.05, 0.1) is 16.8 Å². The lowest BCUT2D eigenvalue weighted by atomic mass is 10.1. The summed E-state index contributed by atoms with van der Waals surface area (Å²) in [5.74, 6) is 0. The second-order valence-electron chi connectivity index (χ2n) is 2.85. The van der Waals surface area contributed by atoms with Gasteiger partial charge in [-0.2, -0.15) is 9.98 Å². The van der Waals surface area contributed by atoms with Crippen molar-refractivity contribution in [3.8, 4) is 0 Å². The maximum Gasteiger partial charge on any atom is 0.367 e. The largest absolute Gasteiger partial charge is 0.367 e. The predicted molar refractivity (Wildman–Crippen MR) is 59.4 cm³/mol. The van der Waals surface area contributed by atoms with Crippen molar-refractivity contribution in [3.05, 3.63) is 35.9 Å². The minimum absolute atomic E-state index is 0.0566. The van der Waals surface area contributed by atoms with E-state index in [0.717, 1.165) is 5.56 Å². The zero-order valence-electron chi connectivity index (χ0n) is 7.22. The fourth-order valence-corrected chi connectivity index (χ4v) is 1.73. The number of rotatable bonds is 2. The smallest absolute Gasteiger partial charge is 0.244 e. The van der Waals surface area contributed by atoms with Gasteiger partial charge in [-0.05, 0) is 5.56 Å². The molecule has 1 aromatic carbocycles. The summed E-state index contributed by atoms with van der Waals surface area (Å²) in [5.41, 5.74) is 1.72. The molecule has 0 spiro atoms. The molecule has 14 heavy (non-hydrogen) atoms. The summed E-state index contributed by atoms with van der Waals surface area (Å²) < 4.78 is 0. The maximum atomic E-state index is 10.8. The first kappa shape index (κ1) is 9.27. The number of carbonyl (C=O) groups is 1. The third kappa shape index (κ3) is 1.80. The minimum atomic E-state index is -0.430. The maximum absolute atomic E-state index is 10.8. The second kappa shape index (κ2) is 3.84. The van der Waals surface area contributed by atoms with Crippen LogP contribution in [0, 0.1) is 0 Å². The molecule has 4 heteroatoms. The average molecular weight is 251 g/mol. The molecule has 1 aliphatic heterocycles. The van der Waals surface area contributed by atoms with E-state index >= 15 is 0 Å². The van der Waals surface area contributed by atoms with E-state index in [-0.39, 0.29) is 4.83 Å². The molecule has 0 N–H and O–H groups in total. The number of carbonyl (C=O) groups excluding carboxylic acids is 1. The van der Waals surface area contributed by atoms with Gasteiger partial charge < -0.3 is 0 Å². The normalized spacial score (nSPS) is 16.9. The first-order valence-corrected chi connectivity index (χ1v) is 5.04. The van der Waals surface area contributed by atoms with Crippen molar-refractivity contribution >= 4 is 33.9 Å². The number of hydrogen-bond donors (Lipinski definition) is 0. The number of amides is 2. The van der Waals surface area contributed by atoms with E-state index in [2.05, 4.69) is 25.9 Å². The number of aliphatic imine (C=N–C) groups is 2. The summed E-state index contributed by atoms with van der Waals surface area (Å²) in [5, 5.41) is 0. The van der Waals surface area contributed by atoms with Gasteiger partial charge in [0.2, 0.25) is 0 Å². The van der Waals surface area contributed by atoms with Gasteiger partial charge in [-0.1, -0.05) is 46.3 Å². The molecule has 1 unspecified atom stereocenters. The van der Waals surface area contributed by atoms with Crippen molar-refractivity contribution in [2.75, 3.05) is 0 Å². The molecule has 0 fully saturated rings. The van der Waals surface area contributed by atoms with Crippen molar-refractivity contribution in [2.24, 2.45) is 9.98 Å². The van der Waals surface area contributed by atoms with Gasteiger partial charge in [-0.15, -0.1) is 0 Å². The molecule has 0 radical (unpaired) electrons. The van der Waals surface area contributed by atoms with Crippen LogP contribution in [0.15, 0.2) is 40.3 Å². The van der Waals surface area contributed by atoms with Crippen LogP contribution in [0.25, 0.3) is 0 Å². The molecule has 2 rings (SSSR count). The number of nitrogens with zero attached hydrogens (tertiary/aromatic N) is 2. The zero-order valence-corrected chi connectivity index (χ0v) is 8.81. The van der Waals surface area contributed by atoms with Gasteiger partial charge in [0.1, 0.15) is 0 Å². The number of urea groups is 1. The molecular weight excluding hydrogens is 244 g/mol. The number of halogens is 1. The molecule has 0 aliphatic carbocycles. The quantitative estimate of drug-likeness (QED) is 0.745. The van der Waals surface area contributed by atoms with Crippen LogP contribution in [-0.2, 0) is 0 Å². The van der Waals surface area contributed by atoms with Crippen LogP contribution >= 0.6 is 15.9 Å². The van der Waals surface area contributed by atoms with Crippen molar-refractivity contribution in [1.29, 1.82) is 0 Å². The highest BCUT2D eigenvalue weighted by molar-refractivity contribution is 9.09. The first-order valence-electron chi connectivity index (χ1n) is 4.13. The van der Waals surface area contributed by atoms with E-state index in [0.29, 0.717) is 5.71 Å². The standard InChI is InChI=1S/C10H7BrN2O/c11-9(7-4-2-1-3-5-7)8-6-12-10(14)13-8/h1-6,9H. The highest BCUT2D eigenvalue weighted by atomic mass is 79.9. The Bertz CT molecular complexity index is 411. The summed E-state index contributed by atoms with van der Waals surface area (Å²) >= 11 is 3.47. The number of hydrogen-bond acceptors (Lipinski definition) is 1. The van der Waals surface area contributed by atoms with Crippen molar-refractivity contribution in [2.45, 2.75) is 4.83 Å².